The van der Waals surface area contributed by atoms with Crippen molar-refractivity contribution in [3.05, 3.63) is 53.7 Å². The van der Waals surface area contributed by atoms with Crippen LogP contribution in [0, 0.1) is 11.8 Å². The summed E-state index contributed by atoms with van der Waals surface area (Å²) in [6, 6.07) is 12.7. The highest BCUT2D eigenvalue weighted by atomic mass is 35.5. The van der Waals surface area contributed by atoms with E-state index in [1.807, 2.05) is 36.2 Å². The monoisotopic (exact) mass is 376 g/mol. The van der Waals surface area contributed by atoms with Crippen molar-refractivity contribution in [1.29, 1.82) is 0 Å². The number of hydrogen-bond donors (Lipinski definition) is 1. The summed E-state index contributed by atoms with van der Waals surface area (Å²) < 4.78 is 0. The van der Waals surface area contributed by atoms with Gasteiger partial charge in [-0.05, 0) is 67.5 Å². The van der Waals surface area contributed by atoms with Crippen molar-refractivity contribution in [2.24, 2.45) is 11.8 Å². The van der Waals surface area contributed by atoms with Crippen LogP contribution in [0.2, 0.25) is 0 Å². The number of likely N-dealkylation sites (tertiary alicyclic amines) is 1. The maximum Gasteiger partial charge on any atom is 0.119 e. The number of benzene rings is 1. The molecule has 0 spiro atoms. The first-order valence-corrected chi connectivity index (χ1v) is 9.73. The second-order valence-electron chi connectivity index (χ2n) is 7.17. The highest BCUT2D eigenvalue weighted by molar-refractivity contribution is 7.99. The predicted molar refractivity (Wildman–Crippen MR) is 106 cm³/mol. The van der Waals surface area contributed by atoms with Crippen LogP contribution >= 0.6 is 24.2 Å². The summed E-state index contributed by atoms with van der Waals surface area (Å²) in [7, 11) is 2.27. The molecule has 2 aliphatic rings. The molecule has 1 aliphatic carbocycles. The summed E-state index contributed by atoms with van der Waals surface area (Å²) in [5, 5.41) is 11.3. The average molecular weight is 377 g/mol. The number of thioether (sulfide) groups is 1. The molecule has 3 nitrogen and oxygen atoms in total. The van der Waals surface area contributed by atoms with Crippen molar-refractivity contribution in [1.82, 2.24) is 9.88 Å². The zero-order valence-corrected chi connectivity index (χ0v) is 16.1. The van der Waals surface area contributed by atoms with Crippen molar-refractivity contribution < 1.29 is 5.11 Å². The molecule has 1 aromatic heterocycles. The third-order valence-electron chi connectivity index (χ3n) is 5.54. The zero-order valence-electron chi connectivity index (χ0n) is 14.5. The molecule has 3 atom stereocenters. The quantitative estimate of drug-likeness (QED) is 0.820. The van der Waals surface area contributed by atoms with Crippen molar-refractivity contribution in [2.75, 3.05) is 19.3 Å². The minimum atomic E-state index is 0. The standard InChI is InChI=1S/C20H24N2OS.ClH/c1-22-12-14(13-24-20-7-2-3-8-21-20)9-16-10-17-15(11-18(16)22)5-4-6-19(17)23;/h2-8,14,16,18,23H,9-13H2,1H3;1H/t14-,16-,18-;/m1./s1. The molecule has 2 aromatic rings. The van der Waals surface area contributed by atoms with Crippen LogP contribution in [0.25, 0.3) is 0 Å². The Balaban J connectivity index is 0.00000182. The first-order valence-electron chi connectivity index (χ1n) is 8.74. The molecule has 1 aromatic carbocycles. The molecule has 1 N–H and O–H groups in total. The topological polar surface area (TPSA) is 36.4 Å². The number of phenolic OH excluding ortho intramolecular Hbond substituents is 1. The Morgan fingerprint density at radius 2 is 2.08 bits per heavy atom. The van der Waals surface area contributed by atoms with Gasteiger partial charge in [-0.3, -0.25) is 0 Å². The van der Waals surface area contributed by atoms with E-state index in [9.17, 15) is 5.11 Å². The third kappa shape index (κ3) is 3.97. The van der Waals surface area contributed by atoms with Crippen LogP contribution in [0.15, 0.2) is 47.6 Å². The zero-order chi connectivity index (χ0) is 16.5. The summed E-state index contributed by atoms with van der Waals surface area (Å²) in [6.07, 6.45) is 5.21. The average Bonchev–Trinajstić information content (AvgIpc) is 2.60. The Bertz CT molecular complexity index is 712. The number of nitrogens with zero attached hydrogens (tertiary/aromatic N) is 2. The Hall–Kier alpha value is -1.23. The van der Waals surface area contributed by atoms with Gasteiger partial charge in [-0.25, -0.2) is 4.98 Å². The van der Waals surface area contributed by atoms with Crippen LogP contribution in [0.5, 0.6) is 5.75 Å². The van der Waals surface area contributed by atoms with Gasteiger partial charge in [0.15, 0.2) is 0 Å². The maximum absolute atomic E-state index is 10.2. The lowest BCUT2D eigenvalue weighted by Crippen LogP contribution is -2.50. The van der Waals surface area contributed by atoms with Crippen LogP contribution < -0.4 is 0 Å². The number of aromatic hydroxyl groups is 1. The van der Waals surface area contributed by atoms with E-state index in [0.29, 0.717) is 23.6 Å². The molecule has 0 amide bonds. The molecule has 0 unspecified atom stereocenters. The van der Waals surface area contributed by atoms with Crippen LogP contribution in [0.3, 0.4) is 0 Å². The van der Waals surface area contributed by atoms with Crippen LogP contribution in [0.4, 0.5) is 0 Å². The van der Waals surface area contributed by atoms with E-state index in [0.717, 1.165) is 30.2 Å². The fourth-order valence-corrected chi connectivity index (χ4v) is 5.35. The molecule has 2 heterocycles. The smallest absolute Gasteiger partial charge is 0.119 e. The van der Waals surface area contributed by atoms with E-state index in [1.54, 1.807) is 0 Å². The highest BCUT2D eigenvalue weighted by Crippen LogP contribution is 2.40. The van der Waals surface area contributed by atoms with Crippen molar-refractivity contribution in [3.8, 4) is 5.75 Å². The molecular formula is C20H25ClN2OS. The van der Waals surface area contributed by atoms with Gasteiger partial charge in [0, 0.05) is 24.5 Å². The minimum Gasteiger partial charge on any atom is -0.508 e. The SMILES string of the molecule is CN1C[C@H](CSc2ccccn2)C[C@@H]2Cc3c(O)cccc3C[C@H]21.Cl. The van der Waals surface area contributed by atoms with Crippen LogP contribution in [-0.4, -0.2) is 40.4 Å². The van der Waals surface area contributed by atoms with E-state index in [4.69, 9.17) is 0 Å². The van der Waals surface area contributed by atoms with Gasteiger partial charge < -0.3 is 10.0 Å². The van der Waals surface area contributed by atoms with E-state index in [-0.39, 0.29) is 12.4 Å². The number of phenols is 1. The molecule has 1 saturated heterocycles. The molecule has 1 aliphatic heterocycles. The van der Waals surface area contributed by atoms with Crippen LogP contribution in [0.1, 0.15) is 17.5 Å². The van der Waals surface area contributed by atoms with E-state index < -0.39 is 0 Å². The van der Waals surface area contributed by atoms with E-state index >= 15 is 0 Å². The second-order valence-corrected chi connectivity index (χ2v) is 8.21. The molecule has 0 bridgehead atoms. The van der Waals surface area contributed by atoms with Gasteiger partial charge in [0.05, 0.1) is 5.03 Å². The molecule has 134 valence electrons. The molecule has 1 fully saturated rings. The summed E-state index contributed by atoms with van der Waals surface area (Å²) in [6.45, 7) is 1.16. The molecule has 25 heavy (non-hydrogen) atoms. The Kier molecular flexibility index (Phi) is 5.92. The van der Waals surface area contributed by atoms with E-state index in [1.165, 1.54) is 17.5 Å². The predicted octanol–water partition coefficient (Wildman–Crippen LogP) is 4.04. The Labute approximate surface area is 160 Å². The number of pyridine rings is 1. The summed E-state index contributed by atoms with van der Waals surface area (Å²) in [4.78, 5) is 6.97. The first kappa shape index (κ1) is 18.6. The summed E-state index contributed by atoms with van der Waals surface area (Å²) in [5.41, 5.74) is 2.52. The van der Waals surface area contributed by atoms with Gasteiger partial charge in [-0.2, -0.15) is 0 Å². The normalized spacial score (nSPS) is 25.6. The first-order chi connectivity index (χ1) is 11.7. The van der Waals surface area contributed by atoms with Gasteiger partial charge >= 0.3 is 0 Å². The largest absolute Gasteiger partial charge is 0.508 e. The number of aromatic nitrogens is 1. The van der Waals surface area contributed by atoms with E-state index in [2.05, 4.69) is 35.1 Å². The fraction of sp³-hybridized carbons (Fsp3) is 0.450. The summed E-state index contributed by atoms with van der Waals surface area (Å²) in [5.74, 6) is 2.95. The molecule has 0 saturated carbocycles. The minimum absolute atomic E-state index is 0. The summed E-state index contributed by atoms with van der Waals surface area (Å²) >= 11 is 1.87. The van der Waals surface area contributed by atoms with Gasteiger partial charge in [0.2, 0.25) is 0 Å². The Morgan fingerprint density at radius 3 is 2.88 bits per heavy atom. The van der Waals surface area contributed by atoms with Crippen molar-refractivity contribution >= 4 is 24.2 Å². The van der Waals surface area contributed by atoms with Gasteiger partial charge in [-0.15, -0.1) is 24.2 Å². The number of halogens is 1. The lowest BCUT2D eigenvalue weighted by Gasteiger charge is -2.46. The van der Waals surface area contributed by atoms with Gasteiger partial charge in [-0.1, -0.05) is 18.2 Å². The van der Waals surface area contributed by atoms with Gasteiger partial charge in [0.25, 0.3) is 0 Å². The number of likely N-dealkylation sites (N-methyl/N-ethyl adjacent to an activating group) is 1. The fourth-order valence-electron chi connectivity index (χ4n) is 4.40. The highest BCUT2D eigenvalue weighted by Gasteiger charge is 2.38. The Morgan fingerprint density at radius 1 is 1.20 bits per heavy atom. The van der Waals surface area contributed by atoms with Crippen molar-refractivity contribution in [3.63, 3.8) is 0 Å². The number of rotatable bonds is 3. The number of hydrogen-bond acceptors (Lipinski definition) is 4. The third-order valence-corrected chi connectivity index (χ3v) is 6.72. The lowest BCUT2D eigenvalue weighted by molar-refractivity contribution is 0.0792. The molecule has 5 heteroatoms. The maximum atomic E-state index is 10.2. The molecular weight excluding hydrogens is 352 g/mol. The van der Waals surface area contributed by atoms with Crippen LogP contribution in [-0.2, 0) is 12.8 Å². The lowest BCUT2D eigenvalue weighted by atomic mass is 9.73. The van der Waals surface area contributed by atoms with Gasteiger partial charge in [0.1, 0.15) is 5.75 Å². The number of piperidine rings is 1. The second kappa shape index (κ2) is 7.98. The molecule has 0 radical (unpaired) electrons. The van der Waals surface area contributed by atoms with Crippen molar-refractivity contribution in [2.45, 2.75) is 30.3 Å². The molecule has 4 rings (SSSR count). The number of fused-ring (bicyclic) bond motifs is 2.